The van der Waals surface area contributed by atoms with Gasteiger partial charge >= 0.3 is 0 Å². The lowest BCUT2D eigenvalue weighted by atomic mass is 10.0. The number of fused-ring (bicyclic) bond motifs is 1. The Morgan fingerprint density at radius 1 is 1.10 bits per heavy atom. The van der Waals surface area contributed by atoms with Gasteiger partial charge in [0.25, 0.3) is 0 Å². The summed E-state index contributed by atoms with van der Waals surface area (Å²) in [6, 6.07) is 8.32. The zero-order valence-electron chi connectivity index (χ0n) is 12.3. The molecule has 1 N–H and O–H groups in total. The average Bonchev–Trinajstić information content (AvgIpc) is 2.75. The van der Waals surface area contributed by atoms with Crippen LogP contribution in [0.1, 0.15) is 31.9 Å². The van der Waals surface area contributed by atoms with Crippen molar-refractivity contribution in [3.63, 3.8) is 0 Å². The van der Waals surface area contributed by atoms with Crippen LogP contribution in [-0.2, 0) is 0 Å². The van der Waals surface area contributed by atoms with Gasteiger partial charge in [-0.15, -0.1) is 0 Å². The maximum atomic E-state index is 4.85. The van der Waals surface area contributed by atoms with E-state index >= 15 is 0 Å². The standard InChI is InChI=1S/C16H22N4/c1-12(2)15-13-6-3-4-7-14(13)18-16(19-15)20-10-5-8-17-9-11-20/h3-4,6-7,12,17H,5,8-11H2,1-2H3. The van der Waals surface area contributed by atoms with Crippen LogP contribution in [0, 0.1) is 0 Å². The molecule has 1 saturated heterocycles. The molecule has 3 rings (SSSR count). The Morgan fingerprint density at radius 3 is 2.80 bits per heavy atom. The van der Waals surface area contributed by atoms with Gasteiger partial charge in [0.1, 0.15) is 0 Å². The van der Waals surface area contributed by atoms with Gasteiger partial charge in [-0.3, -0.25) is 0 Å². The fraction of sp³-hybridized carbons (Fsp3) is 0.500. The first-order valence-electron chi connectivity index (χ1n) is 7.48. The fourth-order valence-electron chi connectivity index (χ4n) is 2.72. The lowest BCUT2D eigenvalue weighted by Crippen LogP contribution is -2.29. The van der Waals surface area contributed by atoms with Crippen LogP contribution < -0.4 is 10.2 Å². The van der Waals surface area contributed by atoms with Gasteiger partial charge in [-0.2, -0.15) is 0 Å². The van der Waals surface area contributed by atoms with Crippen molar-refractivity contribution in [1.82, 2.24) is 15.3 Å². The molecule has 0 saturated carbocycles. The third kappa shape index (κ3) is 2.61. The predicted molar refractivity (Wildman–Crippen MR) is 83.3 cm³/mol. The molecule has 1 aromatic heterocycles. The van der Waals surface area contributed by atoms with E-state index in [0.29, 0.717) is 5.92 Å². The molecule has 20 heavy (non-hydrogen) atoms. The van der Waals surface area contributed by atoms with Gasteiger partial charge in [-0.1, -0.05) is 32.0 Å². The van der Waals surface area contributed by atoms with Crippen molar-refractivity contribution < 1.29 is 0 Å². The van der Waals surface area contributed by atoms with E-state index in [1.165, 1.54) is 5.39 Å². The molecule has 4 nitrogen and oxygen atoms in total. The van der Waals surface area contributed by atoms with Crippen molar-refractivity contribution >= 4 is 16.9 Å². The lowest BCUT2D eigenvalue weighted by molar-refractivity contribution is 0.724. The second-order valence-electron chi connectivity index (χ2n) is 5.67. The van der Waals surface area contributed by atoms with Gasteiger partial charge in [0.15, 0.2) is 0 Å². The molecule has 0 spiro atoms. The van der Waals surface area contributed by atoms with Crippen LogP contribution in [0.3, 0.4) is 0 Å². The molecule has 0 radical (unpaired) electrons. The first kappa shape index (κ1) is 13.3. The van der Waals surface area contributed by atoms with Crippen LogP contribution in [-0.4, -0.2) is 36.1 Å². The summed E-state index contributed by atoms with van der Waals surface area (Å²) < 4.78 is 0. The third-order valence-corrected chi connectivity index (χ3v) is 3.79. The number of aromatic nitrogens is 2. The molecule has 1 aliphatic rings. The van der Waals surface area contributed by atoms with E-state index in [-0.39, 0.29) is 0 Å². The average molecular weight is 270 g/mol. The van der Waals surface area contributed by atoms with Crippen LogP contribution in [0.25, 0.3) is 10.9 Å². The highest BCUT2D eigenvalue weighted by Gasteiger charge is 2.16. The monoisotopic (exact) mass is 270 g/mol. The van der Waals surface area contributed by atoms with Crippen LogP contribution in [0.5, 0.6) is 0 Å². The third-order valence-electron chi connectivity index (χ3n) is 3.79. The van der Waals surface area contributed by atoms with E-state index in [9.17, 15) is 0 Å². The summed E-state index contributed by atoms with van der Waals surface area (Å²) in [6.07, 6.45) is 1.15. The molecule has 0 amide bonds. The van der Waals surface area contributed by atoms with Gasteiger partial charge in [0.05, 0.1) is 11.2 Å². The minimum atomic E-state index is 0.409. The highest BCUT2D eigenvalue weighted by molar-refractivity contribution is 5.82. The van der Waals surface area contributed by atoms with E-state index in [0.717, 1.165) is 49.8 Å². The second kappa shape index (κ2) is 5.75. The fourth-order valence-corrected chi connectivity index (χ4v) is 2.72. The Labute approximate surface area is 120 Å². The smallest absolute Gasteiger partial charge is 0.226 e. The van der Waals surface area contributed by atoms with Crippen LogP contribution in [0.4, 0.5) is 5.95 Å². The van der Waals surface area contributed by atoms with Gasteiger partial charge in [-0.05, 0) is 24.9 Å². The first-order valence-corrected chi connectivity index (χ1v) is 7.48. The number of hydrogen-bond donors (Lipinski definition) is 1. The van der Waals surface area contributed by atoms with Crippen LogP contribution >= 0.6 is 0 Å². The molecule has 0 bridgehead atoms. The summed E-state index contributed by atoms with van der Waals surface area (Å²) in [7, 11) is 0. The summed E-state index contributed by atoms with van der Waals surface area (Å²) in [6.45, 7) is 8.50. The van der Waals surface area contributed by atoms with Crippen molar-refractivity contribution in [3.05, 3.63) is 30.0 Å². The molecule has 1 aliphatic heterocycles. The highest BCUT2D eigenvalue weighted by atomic mass is 15.3. The van der Waals surface area contributed by atoms with Crippen molar-refractivity contribution in [2.24, 2.45) is 0 Å². The van der Waals surface area contributed by atoms with E-state index < -0.39 is 0 Å². The second-order valence-corrected chi connectivity index (χ2v) is 5.67. The number of hydrogen-bond acceptors (Lipinski definition) is 4. The molecular formula is C16H22N4. The maximum absolute atomic E-state index is 4.85. The highest BCUT2D eigenvalue weighted by Crippen LogP contribution is 2.25. The molecule has 0 unspecified atom stereocenters. The molecule has 0 aliphatic carbocycles. The van der Waals surface area contributed by atoms with Gasteiger partial charge in [0, 0.05) is 25.0 Å². The number of para-hydroxylation sites is 1. The Bertz CT molecular complexity index is 586. The normalized spacial score (nSPS) is 16.6. The summed E-state index contributed by atoms with van der Waals surface area (Å²) >= 11 is 0. The van der Waals surface area contributed by atoms with Crippen LogP contribution in [0.15, 0.2) is 24.3 Å². The summed E-state index contributed by atoms with van der Waals surface area (Å²) in [5.41, 5.74) is 2.21. The van der Waals surface area contributed by atoms with E-state index in [2.05, 4.69) is 42.3 Å². The zero-order chi connectivity index (χ0) is 13.9. The van der Waals surface area contributed by atoms with Crippen molar-refractivity contribution in [2.45, 2.75) is 26.2 Å². The lowest BCUT2D eigenvalue weighted by Gasteiger charge is -2.22. The van der Waals surface area contributed by atoms with Gasteiger partial charge in [0.2, 0.25) is 5.95 Å². The summed E-state index contributed by atoms with van der Waals surface area (Å²) in [4.78, 5) is 11.9. The minimum absolute atomic E-state index is 0.409. The number of nitrogens with zero attached hydrogens (tertiary/aromatic N) is 3. The van der Waals surface area contributed by atoms with Crippen molar-refractivity contribution in [1.29, 1.82) is 0 Å². The Hall–Kier alpha value is -1.68. The van der Waals surface area contributed by atoms with E-state index in [4.69, 9.17) is 9.97 Å². The largest absolute Gasteiger partial charge is 0.339 e. The van der Waals surface area contributed by atoms with Crippen molar-refractivity contribution in [2.75, 3.05) is 31.1 Å². The maximum Gasteiger partial charge on any atom is 0.226 e. The number of nitrogens with one attached hydrogen (secondary N) is 1. The molecule has 1 aromatic carbocycles. The molecule has 1 fully saturated rings. The minimum Gasteiger partial charge on any atom is -0.339 e. The Morgan fingerprint density at radius 2 is 1.95 bits per heavy atom. The Kier molecular flexibility index (Phi) is 3.83. The van der Waals surface area contributed by atoms with Crippen molar-refractivity contribution in [3.8, 4) is 0 Å². The number of anilines is 1. The SMILES string of the molecule is CC(C)c1nc(N2CCCNCC2)nc2ccccc12. The molecule has 0 atom stereocenters. The molecule has 2 heterocycles. The predicted octanol–water partition coefficient (Wildman–Crippen LogP) is 2.55. The Balaban J connectivity index is 2.06. The number of rotatable bonds is 2. The molecule has 2 aromatic rings. The van der Waals surface area contributed by atoms with Crippen LogP contribution in [0.2, 0.25) is 0 Å². The summed E-state index contributed by atoms with van der Waals surface area (Å²) in [5, 5.41) is 4.60. The molecule has 106 valence electrons. The quantitative estimate of drug-likeness (QED) is 0.910. The first-order chi connectivity index (χ1) is 9.75. The van der Waals surface area contributed by atoms with Gasteiger partial charge in [-0.25, -0.2) is 9.97 Å². The molecule has 4 heteroatoms. The zero-order valence-corrected chi connectivity index (χ0v) is 12.3. The molecular weight excluding hydrogens is 248 g/mol. The van der Waals surface area contributed by atoms with E-state index in [1.54, 1.807) is 0 Å². The topological polar surface area (TPSA) is 41.1 Å². The number of benzene rings is 1. The summed E-state index contributed by atoms with van der Waals surface area (Å²) in [5.74, 6) is 1.29. The van der Waals surface area contributed by atoms with Gasteiger partial charge < -0.3 is 10.2 Å². The van der Waals surface area contributed by atoms with E-state index in [1.807, 2.05) is 6.07 Å².